The number of fused-ring (bicyclic) bond motifs is 2. The molecule has 0 saturated heterocycles. The molecule has 1 fully saturated rings. The van der Waals surface area contributed by atoms with E-state index < -0.39 is 6.61 Å². The Morgan fingerprint density at radius 3 is 2.81 bits per heavy atom. The van der Waals surface area contributed by atoms with E-state index in [0.717, 1.165) is 38.1 Å². The number of nitrogens with zero attached hydrogens (tertiary/aromatic N) is 7. The second kappa shape index (κ2) is 9.75. The number of carbonyl (C=O) groups is 1. The number of hydrogen-bond donors (Lipinski definition) is 1. The third-order valence-corrected chi connectivity index (χ3v) is 7.16. The van der Waals surface area contributed by atoms with E-state index in [1.165, 1.54) is 6.07 Å². The highest BCUT2D eigenvalue weighted by Gasteiger charge is 2.31. The van der Waals surface area contributed by atoms with Gasteiger partial charge in [0.2, 0.25) is 11.9 Å². The van der Waals surface area contributed by atoms with E-state index in [9.17, 15) is 13.6 Å². The molecule has 3 aromatic heterocycles. The third-order valence-electron chi connectivity index (χ3n) is 7.16. The average molecular weight is 509 g/mol. The predicted molar refractivity (Wildman–Crippen MR) is 130 cm³/mol. The molecule has 4 heterocycles. The molecule has 0 spiro atoms. The van der Waals surface area contributed by atoms with Crippen LogP contribution >= 0.6 is 0 Å². The molecule has 1 amide bonds. The first-order valence-electron chi connectivity index (χ1n) is 12.4. The number of nitrogens with one attached hydrogen (secondary N) is 1. The molecule has 1 aliphatic heterocycles. The van der Waals surface area contributed by atoms with Crippen LogP contribution in [0, 0.1) is 5.92 Å². The predicted octanol–water partition coefficient (Wildman–Crippen LogP) is 3.63. The first-order chi connectivity index (χ1) is 18.0. The van der Waals surface area contributed by atoms with Crippen LogP contribution in [0.4, 0.5) is 14.7 Å². The summed E-state index contributed by atoms with van der Waals surface area (Å²) in [6, 6.07) is 8.67. The zero-order valence-corrected chi connectivity index (χ0v) is 20.0. The zero-order chi connectivity index (χ0) is 25.4. The molecule has 1 aromatic carbocycles. The number of aromatic nitrogens is 6. The highest BCUT2D eigenvalue weighted by molar-refractivity contribution is 5.87. The van der Waals surface area contributed by atoms with E-state index in [2.05, 4.69) is 30.2 Å². The number of amides is 1. The van der Waals surface area contributed by atoms with Crippen molar-refractivity contribution in [3.05, 3.63) is 54.9 Å². The molecule has 1 saturated carbocycles. The smallest absolute Gasteiger partial charge is 0.387 e. The van der Waals surface area contributed by atoms with Crippen LogP contribution in [-0.2, 0) is 17.9 Å². The largest absolute Gasteiger partial charge is 0.434 e. The summed E-state index contributed by atoms with van der Waals surface area (Å²) in [5, 5.41) is 12.0. The van der Waals surface area contributed by atoms with Crippen molar-refractivity contribution < 1.29 is 18.3 Å². The molecule has 0 radical (unpaired) electrons. The number of rotatable bonds is 6. The van der Waals surface area contributed by atoms with Crippen molar-refractivity contribution in [1.82, 2.24) is 34.2 Å². The van der Waals surface area contributed by atoms with Crippen LogP contribution in [0.2, 0.25) is 0 Å². The molecular weight excluding hydrogens is 482 g/mol. The van der Waals surface area contributed by atoms with Crippen molar-refractivity contribution in [2.45, 2.75) is 51.4 Å². The van der Waals surface area contributed by atoms with E-state index in [-0.39, 0.29) is 23.6 Å². The third kappa shape index (κ3) is 4.70. The van der Waals surface area contributed by atoms with E-state index >= 15 is 0 Å². The zero-order valence-electron chi connectivity index (χ0n) is 20.0. The topological polar surface area (TPSA) is 103 Å². The maximum absolute atomic E-state index is 13.1. The first-order valence-corrected chi connectivity index (χ1v) is 12.4. The summed E-state index contributed by atoms with van der Waals surface area (Å²) in [4.78, 5) is 24.0. The highest BCUT2D eigenvalue weighted by Crippen LogP contribution is 2.31. The molecule has 0 atom stereocenters. The Bertz CT molecular complexity index is 1410. The van der Waals surface area contributed by atoms with Crippen molar-refractivity contribution in [1.29, 1.82) is 0 Å². The van der Waals surface area contributed by atoms with Gasteiger partial charge in [0.1, 0.15) is 17.9 Å². The van der Waals surface area contributed by atoms with Gasteiger partial charge in [0.25, 0.3) is 0 Å². The lowest BCUT2D eigenvalue weighted by Crippen LogP contribution is -2.43. The van der Waals surface area contributed by atoms with Gasteiger partial charge in [-0.05, 0) is 49.9 Å². The molecule has 4 aromatic rings. The summed E-state index contributed by atoms with van der Waals surface area (Å²) in [7, 11) is 0. The van der Waals surface area contributed by atoms with Crippen LogP contribution in [0.1, 0.15) is 31.5 Å². The quantitative estimate of drug-likeness (QED) is 0.424. The molecule has 1 aliphatic carbocycles. The number of ether oxygens (including phenoxy) is 1. The molecule has 10 nitrogen and oxygen atoms in total. The van der Waals surface area contributed by atoms with E-state index in [0.29, 0.717) is 35.8 Å². The van der Waals surface area contributed by atoms with Gasteiger partial charge >= 0.3 is 6.61 Å². The minimum Gasteiger partial charge on any atom is -0.434 e. The molecule has 2 aliphatic rings. The summed E-state index contributed by atoms with van der Waals surface area (Å²) in [5.74, 6) is 2.26. The van der Waals surface area contributed by atoms with Crippen molar-refractivity contribution in [3.8, 4) is 11.6 Å². The average Bonchev–Trinajstić information content (AvgIpc) is 3.56. The lowest BCUT2D eigenvalue weighted by molar-refractivity contribution is -0.138. The molecule has 1 N–H and O–H groups in total. The Kier molecular flexibility index (Phi) is 6.15. The Morgan fingerprint density at radius 1 is 1.11 bits per heavy atom. The van der Waals surface area contributed by atoms with Gasteiger partial charge in [0.15, 0.2) is 5.82 Å². The van der Waals surface area contributed by atoms with Crippen molar-refractivity contribution in [2.24, 2.45) is 5.92 Å². The highest BCUT2D eigenvalue weighted by atomic mass is 19.3. The van der Waals surface area contributed by atoms with Crippen LogP contribution < -0.4 is 10.1 Å². The van der Waals surface area contributed by atoms with E-state index in [1.807, 2.05) is 20.1 Å². The molecule has 37 heavy (non-hydrogen) atoms. The maximum atomic E-state index is 13.1. The Balaban J connectivity index is 1.09. The molecule has 12 heteroatoms. The van der Waals surface area contributed by atoms with Crippen molar-refractivity contribution in [2.75, 3.05) is 11.9 Å². The lowest BCUT2D eigenvalue weighted by Gasteiger charge is -2.34. The standard InChI is InChI=1S/C25H26F2N8O2/c26-24(27)37-20-3-1-2-19-18(20)9-11-35(19)21-8-10-28-25(31-21)30-17-6-4-16(5-7-17)23(36)33-12-13-34-15-29-32-22(34)14-33/h1-3,8-11,15-17,24H,4-7,12-14H2,(H,28,30,31)/t16-,17-. The van der Waals surface area contributed by atoms with Crippen LogP contribution in [0.15, 0.2) is 49.1 Å². The molecule has 0 bridgehead atoms. The fourth-order valence-electron chi connectivity index (χ4n) is 5.27. The van der Waals surface area contributed by atoms with Crippen LogP contribution in [0.5, 0.6) is 5.75 Å². The number of halogens is 2. The van der Waals surface area contributed by atoms with E-state index in [4.69, 9.17) is 0 Å². The summed E-state index contributed by atoms with van der Waals surface area (Å²) >= 11 is 0. The maximum Gasteiger partial charge on any atom is 0.387 e. The van der Waals surface area contributed by atoms with Crippen molar-refractivity contribution >= 4 is 22.8 Å². The van der Waals surface area contributed by atoms with Crippen LogP contribution in [0.25, 0.3) is 16.7 Å². The van der Waals surface area contributed by atoms with Gasteiger partial charge in [-0.3, -0.25) is 4.79 Å². The minimum absolute atomic E-state index is 0.00988. The number of alkyl halides is 2. The fourth-order valence-corrected chi connectivity index (χ4v) is 5.27. The van der Waals surface area contributed by atoms with Gasteiger partial charge < -0.3 is 24.1 Å². The summed E-state index contributed by atoms with van der Waals surface area (Å²) in [6.07, 6.45) is 8.44. The van der Waals surface area contributed by atoms with Crippen LogP contribution in [0.3, 0.4) is 0 Å². The lowest BCUT2D eigenvalue weighted by atomic mass is 9.85. The van der Waals surface area contributed by atoms with Gasteiger partial charge in [0, 0.05) is 42.8 Å². The summed E-state index contributed by atoms with van der Waals surface area (Å²) in [6.45, 7) is -0.958. The van der Waals surface area contributed by atoms with Crippen molar-refractivity contribution in [3.63, 3.8) is 0 Å². The van der Waals surface area contributed by atoms with E-state index in [1.54, 1.807) is 36.9 Å². The Labute approximate surface area is 211 Å². The van der Waals surface area contributed by atoms with Gasteiger partial charge in [-0.1, -0.05) is 6.07 Å². The Hall–Kier alpha value is -4.09. The number of hydrogen-bond acceptors (Lipinski definition) is 7. The molecule has 0 unspecified atom stereocenters. The second-order valence-electron chi connectivity index (χ2n) is 9.38. The SMILES string of the molecule is O=C([C@H]1CC[C@H](Nc2nccc(-n3ccc4c(OC(F)F)cccc43)n2)CC1)N1CCn2cnnc2C1. The summed E-state index contributed by atoms with van der Waals surface area (Å²) < 4.78 is 34.0. The second-order valence-corrected chi connectivity index (χ2v) is 9.38. The Morgan fingerprint density at radius 2 is 1.97 bits per heavy atom. The van der Waals surface area contributed by atoms with Gasteiger partial charge in [-0.15, -0.1) is 10.2 Å². The summed E-state index contributed by atoms with van der Waals surface area (Å²) in [5.41, 5.74) is 0.706. The molecule has 192 valence electrons. The normalized spacial score (nSPS) is 19.7. The first kappa shape index (κ1) is 23.3. The van der Waals surface area contributed by atoms with Crippen LogP contribution in [-0.4, -0.2) is 59.3 Å². The number of carbonyl (C=O) groups excluding carboxylic acids is 1. The molecule has 6 rings (SSSR count). The minimum atomic E-state index is -2.89. The van der Waals surface area contributed by atoms with Gasteiger partial charge in [0.05, 0.1) is 12.1 Å². The van der Waals surface area contributed by atoms with Gasteiger partial charge in [-0.25, -0.2) is 4.98 Å². The monoisotopic (exact) mass is 508 g/mol. The number of anilines is 1. The molecular formula is C25H26F2N8O2. The number of benzene rings is 1. The fraction of sp³-hybridized carbons (Fsp3) is 0.400. The van der Waals surface area contributed by atoms with Gasteiger partial charge in [-0.2, -0.15) is 13.8 Å².